The maximum absolute atomic E-state index is 11.1. The van der Waals surface area contributed by atoms with Gasteiger partial charge in [0.05, 0.1) is 0 Å². The lowest BCUT2D eigenvalue weighted by atomic mass is 10.2. The minimum Gasteiger partial charge on any atom is -0.387 e. The van der Waals surface area contributed by atoms with Crippen molar-refractivity contribution in [3.8, 4) is 0 Å². The highest BCUT2D eigenvalue weighted by molar-refractivity contribution is 6.29. The number of halogens is 1. The van der Waals surface area contributed by atoms with Crippen molar-refractivity contribution in [2.24, 2.45) is 0 Å². The van der Waals surface area contributed by atoms with E-state index in [1.54, 1.807) is 24.4 Å². The molecule has 0 atom stereocenters. The third-order valence-corrected chi connectivity index (χ3v) is 2.80. The summed E-state index contributed by atoms with van der Waals surface area (Å²) in [5.41, 5.74) is 2.48. The van der Waals surface area contributed by atoms with Crippen molar-refractivity contribution in [3.63, 3.8) is 0 Å². The summed E-state index contributed by atoms with van der Waals surface area (Å²) in [5, 5.41) is 14.9. The van der Waals surface area contributed by atoms with Crippen LogP contribution in [0.4, 0.5) is 11.4 Å². The van der Waals surface area contributed by atoms with Crippen molar-refractivity contribution in [2.75, 3.05) is 17.2 Å². The molecule has 0 bridgehead atoms. The Morgan fingerprint density at radius 2 is 2.05 bits per heavy atom. The van der Waals surface area contributed by atoms with Gasteiger partial charge in [-0.05, 0) is 29.8 Å². The number of carbonyl (C=O) groups excluding carboxylic acids is 1. The van der Waals surface area contributed by atoms with Crippen LogP contribution in [0.3, 0.4) is 0 Å². The number of benzene rings is 1. The first kappa shape index (κ1) is 14.3. The average Bonchev–Trinajstić information content (AvgIpc) is 2.47. The normalized spacial score (nSPS) is 10.1. The Morgan fingerprint density at radius 3 is 2.75 bits per heavy atom. The number of hydrogen-bond donors (Lipinski definition) is 3. The smallest absolute Gasteiger partial charge is 0.250 e. The van der Waals surface area contributed by atoms with Crippen LogP contribution < -0.4 is 10.6 Å². The number of aliphatic hydroxyl groups is 1. The Balaban J connectivity index is 1.97. The van der Waals surface area contributed by atoms with Gasteiger partial charge in [0.2, 0.25) is 5.91 Å². The molecule has 0 aliphatic carbocycles. The van der Waals surface area contributed by atoms with Crippen LogP contribution in [-0.4, -0.2) is 22.6 Å². The number of rotatable bonds is 5. The second-order valence-corrected chi connectivity index (χ2v) is 4.52. The maximum Gasteiger partial charge on any atom is 0.250 e. The highest BCUT2D eigenvalue weighted by Crippen LogP contribution is 2.16. The topological polar surface area (TPSA) is 74.2 Å². The predicted molar refractivity (Wildman–Crippen MR) is 78.7 cm³/mol. The summed E-state index contributed by atoms with van der Waals surface area (Å²) in [6.45, 7) is 0.0651. The van der Waals surface area contributed by atoms with E-state index in [4.69, 9.17) is 16.7 Å². The van der Waals surface area contributed by atoms with Gasteiger partial charge in [0, 0.05) is 24.1 Å². The maximum atomic E-state index is 11.1. The lowest BCUT2D eigenvalue weighted by molar-refractivity contribution is -0.118. The number of carbonyl (C=O) groups is 1. The van der Waals surface area contributed by atoms with E-state index in [2.05, 4.69) is 15.6 Å². The zero-order chi connectivity index (χ0) is 14.4. The van der Waals surface area contributed by atoms with Crippen molar-refractivity contribution in [1.29, 1.82) is 0 Å². The quantitative estimate of drug-likeness (QED) is 0.739. The minimum absolute atomic E-state index is 0.441. The molecule has 0 saturated carbocycles. The monoisotopic (exact) mass is 291 g/mol. The molecule has 2 rings (SSSR count). The third kappa shape index (κ3) is 4.22. The fourth-order valence-corrected chi connectivity index (χ4v) is 1.73. The molecule has 0 unspecified atom stereocenters. The van der Waals surface area contributed by atoms with Gasteiger partial charge in [0.25, 0.3) is 0 Å². The number of aromatic nitrogens is 1. The number of pyridine rings is 1. The molecule has 2 aromatic rings. The van der Waals surface area contributed by atoms with E-state index in [-0.39, 0.29) is 0 Å². The van der Waals surface area contributed by atoms with Gasteiger partial charge in [-0.15, -0.1) is 0 Å². The molecule has 0 fully saturated rings. The third-order valence-electron chi connectivity index (χ3n) is 2.58. The Bertz CT molecular complexity index is 587. The number of amides is 1. The van der Waals surface area contributed by atoms with Gasteiger partial charge in [-0.2, -0.15) is 0 Å². The fraction of sp³-hybridized carbons (Fsp3) is 0.143. The van der Waals surface area contributed by atoms with E-state index < -0.39 is 12.5 Å². The average molecular weight is 292 g/mol. The SMILES string of the molecule is O=C(CO)Nc1cccc(NCc2ccc(Cl)nc2)c1. The Hall–Kier alpha value is -2.11. The molecule has 0 radical (unpaired) electrons. The summed E-state index contributed by atoms with van der Waals surface area (Å²) in [6, 6.07) is 10.9. The zero-order valence-corrected chi connectivity index (χ0v) is 11.4. The van der Waals surface area contributed by atoms with Crippen molar-refractivity contribution < 1.29 is 9.90 Å². The number of aliphatic hydroxyl groups excluding tert-OH is 1. The molecule has 5 nitrogen and oxygen atoms in total. The van der Waals surface area contributed by atoms with E-state index in [0.29, 0.717) is 17.4 Å². The lowest BCUT2D eigenvalue weighted by Gasteiger charge is -2.09. The molecule has 0 saturated heterocycles. The first-order valence-corrected chi connectivity index (χ1v) is 6.40. The second kappa shape index (κ2) is 6.88. The van der Waals surface area contributed by atoms with Gasteiger partial charge in [-0.25, -0.2) is 4.98 Å². The second-order valence-electron chi connectivity index (χ2n) is 4.13. The number of anilines is 2. The molecule has 1 aromatic carbocycles. The Kier molecular flexibility index (Phi) is 4.92. The van der Waals surface area contributed by atoms with E-state index in [9.17, 15) is 4.79 Å². The number of hydrogen-bond acceptors (Lipinski definition) is 4. The van der Waals surface area contributed by atoms with Crippen molar-refractivity contribution in [3.05, 3.63) is 53.3 Å². The number of nitrogens with one attached hydrogen (secondary N) is 2. The number of nitrogens with zero attached hydrogens (tertiary/aromatic N) is 1. The van der Waals surface area contributed by atoms with Crippen LogP contribution in [0, 0.1) is 0 Å². The van der Waals surface area contributed by atoms with Gasteiger partial charge in [0.1, 0.15) is 11.8 Å². The van der Waals surface area contributed by atoms with E-state index in [1.807, 2.05) is 18.2 Å². The van der Waals surface area contributed by atoms with Gasteiger partial charge in [-0.1, -0.05) is 23.7 Å². The Labute approximate surface area is 121 Å². The van der Waals surface area contributed by atoms with Crippen LogP contribution in [-0.2, 0) is 11.3 Å². The van der Waals surface area contributed by atoms with Gasteiger partial charge in [0.15, 0.2) is 0 Å². The van der Waals surface area contributed by atoms with Crippen LogP contribution in [0.1, 0.15) is 5.56 Å². The van der Waals surface area contributed by atoms with Crippen molar-refractivity contribution in [2.45, 2.75) is 6.54 Å². The molecule has 0 aliphatic heterocycles. The van der Waals surface area contributed by atoms with Crippen LogP contribution in [0.2, 0.25) is 5.15 Å². The van der Waals surface area contributed by atoms with Crippen LogP contribution in [0.25, 0.3) is 0 Å². The van der Waals surface area contributed by atoms with Crippen LogP contribution in [0.5, 0.6) is 0 Å². The van der Waals surface area contributed by atoms with Gasteiger partial charge in [-0.3, -0.25) is 4.79 Å². The Morgan fingerprint density at radius 1 is 1.25 bits per heavy atom. The van der Waals surface area contributed by atoms with Crippen LogP contribution in [0.15, 0.2) is 42.6 Å². The van der Waals surface area contributed by atoms with Gasteiger partial charge < -0.3 is 15.7 Å². The summed E-state index contributed by atoms with van der Waals surface area (Å²) in [4.78, 5) is 15.1. The summed E-state index contributed by atoms with van der Waals surface area (Å²) in [5.74, 6) is -0.441. The highest BCUT2D eigenvalue weighted by atomic mass is 35.5. The largest absolute Gasteiger partial charge is 0.387 e. The van der Waals surface area contributed by atoms with Crippen molar-refractivity contribution in [1.82, 2.24) is 4.98 Å². The minimum atomic E-state index is -0.534. The first-order chi connectivity index (χ1) is 9.67. The molecule has 3 N–H and O–H groups in total. The summed E-state index contributed by atoms with van der Waals surface area (Å²) < 4.78 is 0. The van der Waals surface area contributed by atoms with E-state index in [1.165, 1.54) is 0 Å². The summed E-state index contributed by atoms with van der Waals surface area (Å²) in [6.07, 6.45) is 1.70. The predicted octanol–water partition coefficient (Wildman–Crippen LogP) is 2.28. The molecule has 6 heteroatoms. The van der Waals surface area contributed by atoms with Gasteiger partial charge >= 0.3 is 0 Å². The summed E-state index contributed by atoms with van der Waals surface area (Å²) >= 11 is 5.72. The van der Waals surface area contributed by atoms with E-state index in [0.717, 1.165) is 11.3 Å². The first-order valence-electron chi connectivity index (χ1n) is 6.02. The molecule has 0 spiro atoms. The van der Waals surface area contributed by atoms with Crippen LogP contribution >= 0.6 is 11.6 Å². The highest BCUT2D eigenvalue weighted by Gasteiger charge is 2.01. The molecule has 1 aromatic heterocycles. The van der Waals surface area contributed by atoms with Crippen molar-refractivity contribution >= 4 is 28.9 Å². The standard InChI is InChI=1S/C14H14ClN3O2/c15-13-5-4-10(8-17-13)7-16-11-2-1-3-12(6-11)18-14(20)9-19/h1-6,8,16,19H,7,9H2,(H,18,20). The van der Waals surface area contributed by atoms with E-state index >= 15 is 0 Å². The molecule has 20 heavy (non-hydrogen) atoms. The zero-order valence-electron chi connectivity index (χ0n) is 10.6. The molecular weight excluding hydrogens is 278 g/mol. The molecule has 1 heterocycles. The molecule has 0 aliphatic rings. The molecule has 1 amide bonds. The summed E-state index contributed by atoms with van der Waals surface area (Å²) in [7, 11) is 0. The fourth-order valence-electron chi connectivity index (χ4n) is 1.62. The molecular formula is C14H14ClN3O2. The molecule has 104 valence electrons. The lowest BCUT2D eigenvalue weighted by Crippen LogP contribution is -2.15.